The third-order valence-electron chi connectivity index (χ3n) is 3.64. The quantitative estimate of drug-likeness (QED) is 0.826. The third-order valence-corrected chi connectivity index (χ3v) is 3.64. The minimum atomic E-state index is 0.112. The van der Waals surface area contributed by atoms with Crippen LogP contribution in [-0.2, 0) is 0 Å². The molecule has 0 amide bonds. The molecule has 0 aliphatic carbocycles. The molecule has 2 aromatic carbocycles. The van der Waals surface area contributed by atoms with Crippen LogP contribution in [0.5, 0.6) is 0 Å². The summed E-state index contributed by atoms with van der Waals surface area (Å²) in [5.74, 6) is 0. The second kappa shape index (κ2) is 4.61. The number of fused-ring (bicyclic) bond motifs is 1. The van der Waals surface area contributed by atoms with E-state index in [1.165, 1.54) is 16.9 Å². The average Bonchev–Trinajstić information content (AvgIpc) is 2.38. The average molecular weight is 252 g/mol. The SMILES string of the molecule is CC1(C)CC(Nc2ccccc2)c2ccccc2N1. The first kappa shape index (κ1) is 12.1. The van der Waals surface area contributed by atoms with E-state index in [9.17, 15) is 0 Å². The smallest absolute Gasteiger partial charge is 0.0556 e. The summed E-state index contributed by atoms with van der Waals surface area (Å²) >= 11 is 0. The predicted octanol–water partition coefficient (Wildman–Crippen LogP) is 4.43. The first-order valence-electron chi connectivity index (χ1n) is 6.83. The molecule has 1 unspecified atom stereocenters. The Kier molecular flexibility index (Phi) is 2.94. The van der Waals surface area contributed by atoms with Crippen molar-refractivity contribution in [3.63, 3.8) is 0 Å². The van der Waals surface area contributed by atoms with Gasteiger partial charge in [0.2, 0.25) is 0 Å². The van der Waals surface area contributed by atoms with Gasteiger partial charge >= 0.3 is 0 Å². The van der Waals surface area contributed by atoms with Crippen LogP contribution in [0.25, 0.3) is 0 Å². The van der Waals surface area contributed by atoms with Gasteiger partial charge in [-0.3, -0.25) is 0 Å². The van der Waals surface area contributed by atoms with Crippen molar-refractivity contribution >= 4 is 11.4 Å². The number of rotatable bonds is 2. The van der Waals surface area contributed by atoms with Gasteiger partial charge in [-0.15, -0.1) is 0 Å². The molecule has 0 radical (unpaired) electrons. The lowest BCUT2D eigenvalue weighted by Crippen LogP contribution is -2.39. The van der Waals surface area contributed by atoms with E-state index in [1.807, 2.05) is 6.07 Å². The van der Waals surface area contributed by atoms with Crippen LogP contribution in [0, 0.1) is 0 Å². The lowest BCUT2D eigenvalue weighted by atomic mass is 9.85. The Bertz CT molecular complexity index is 560. The van der Waals surface area contributed by atoms with Crippen molar-refractivity contribution in [2.45, 2.75) is 31.8 Å². The molecule has 0 saturated carbocycles. The van der Waals surface area contributed by atoms with Crippen LogP contribution >= 0.6 is 0 Å². The van der Waals surface area contributed by atoms with Gasteiger partial charge in [0.15, 0.2) is 0 Å². The van der Waals surface area contributed by atoms with Crippen LogP contribution in [0.3, 0.4) is 0 Å². The number of para-hydroxylation sites is 2. The van der Waals surface area contributed by atoms with Crippen molar-refractivity contribution in [2.24, 2.45) is 0 Å². The van der Waals surface area contributed by atoms with E-state index in [-0.39, 0.29) is 5.54 Å². The van der Waals surface area contributed by atoms with Gasteiger partial charge < -0.3 is 10.6 Å². The number of nitrogens with one attached hydrogen (secondary N) is 2. The van der Waals surface area contributed by atoms with E-state index < -0.39 is 0 Å². The van der Waals surface area contributed by atoms with Crippen LogP contribution in [-0.4, -0.2) is 5.54 Å². The summed E-state index contributed by atoms with van der Waals surface area (Å²) < 4.78 is 0. The molecule has 2 heteroatoms. The first-order chi connectivity index (χ1) is 9.14. The first-order valence-corrected chi connectivity index (χ1v) is 6.83. The highest BCUT2D eigenvalue weighted by Crippen LogP contribution is 2.38. The summed E-state index contributed by atoms with van der Waals surface area (Å²) in [6, 6.07) is 19.4. The van der Waals surface area contributed by atoms with Crippen molar-refractivity contribution in [1.82, 2.24) is 0 Å². The molecule has 1 heterocycles. The van der Waals surface area contributed by atoms with Crippen LogP contribution in [0.4, 0.5) is 11.4 Å². The maximum Gasteiger partial charge on any atom is 0.0556 e. The Morgan fingerprint density at radius 3 is 2.47 bits per heavy atom. The zero-order valence-electron chi connectivity index (χ0n) is 11.5. The summed E-state index contributed by atoms with van der Waals surface area (Å²) in [5.41, 5.74) is 3.89. The van der Waals surface area contributed by atoms with E-state index in [1.54, 1.807) is 0 Å². The van der Waals surface area contributed by atoms with Gasteiger partial charge in [0.25, 0.3) is 0 Å². The lowest BCUT2D eigenvalue weighted by molar-refractivity contribution is 0.460. The van der Waals surface area contributed by atoms with Crippen LogP contribution in [0.15, 0.2) is 54.6 Å². The van der Waals surface area contributed by atoms with Gasteiger partial charge in [0.05, 0.1) is 6.04 Å². The van der Waals surface area contributed by atoms with E-state index in [0.29, 0.717) is 6.04 Å². The number of anilines is 2. The van der Waals surface area contributed by atoms with Crippen LogP contribution < -0.4 is 10.6 Å². The van der Waals surface area contributed by atoms with E-state index in [2.05, 4.69) is 73.0 Å². The molecular weight excluding hydrogens is 232 g/mol. The van der Waals surface area contributed by atoms with Crippen LogP contribution in [0.1, 0.15) is 31.9 Å². The predicted molar refractivity (Wildman–Crippen MR) is 81.6 cm³/mol. The van der Waals surface area contributed by atoms with E-state index in [4.69, 9.17) is 0 Å². The molecule has 0 fully saturated rings. The Labute approximate surface area is 114 Å². The Morgan fingerprint density at radius 1 is 1.00 bits per heavy atom. The van der Waals surface area contributed by atoms with Crippen molar-refractivity contribution < 1.29 is 0 Å². The molecule has 3 rings (SSSR count). The van der Waals surface area contributed by atoms with Crippen LogP contribution in [0.2, 0.25) is 0 Å². The molecule has 19 heavy (non-hydrogen) atoms. The highest BCUT2D eigenvalue weighted by molar-refractivity contribution is 5.59. The molecule has 2 N–H and O–H groups in total. The summed E-state index contributed by atoms with van der Waals surface area (Å²) in [5, 5.41) is 7.26. The molecule has 0 saturated heterocycles. The molecule has 1 aliphatic heterocycles. The van der Waals surface area contributed by atoms with Gasteiger partial charge in [-0.25, -0.2) is 0 Å². The van der Waals surface area contributed by atoms with Gasteiger partial charge in [0.1, 0.15) is 0 Å². The molecule has 1 atom stereocenters. The van der Waals surface area contributed by atoms with Crippen molar-refractivity contribution in [3.8, 4) is 0 Å². The van der Waals surface area contributed by atoms with Gasteiger partial charge in [-0.2, -0.15) is 0 Å². The third kappa shape index (κ3) is 2.58. The second-order valence-electron chi connectivity index (χ2n) is 5.86. The zero-order chi connectivity index (χ0) is 13.3. The highest BCUT2D eigenvalue weighted by atomic mass is 15.0. The fourth-order valence-corrected chi connectivity index (χ4v) is 2.81. The molecule has 1 aliphatic rings. The Balaban J connectivity index is 1.93. The number of hydrogen-bond acceptors (Lipinski definition) is 2. The number of hydrogen-bond donors (Lipinski definition) is 2. The molecule has 0 aromatic heterocycles. The monoisotopic (exact) mass is 252 g/mol. The van der Waals surface area contributed by atoms with Crippen molar-refractivity contribution in [1.29, 1.82) is 0 Å². The Morgan fingerprint density at radius 2 is 1.68 bits per heavy atom. The molecule has 98 valence electrons. The summed E-state index contributed by atoms with van der Waals surface area (Å²) in [7, 11) is 0. The van der Waals surface area contributed by atoms with E-state index >= 15 is 0 Å². The maximum atomic E-state index is 3.65. The standard InChI is InChI=1S/C17H20N2/c1-17(2)12-16(18-13-8-4-3-5-9-13)14-10-6-7-11-15(14)19-17/h3-11,16,18-19H,12H2,1-2H3. The van der Waals surface area contributed by atoms with Crippen molar-refractivity contribution in [2.75, 3.05) is 10.6 Å². The topological polar surface area (TPSA) is 24.1 Å². The Hall–Kier alpha value is -1.96. The summed E-state index contributed by atoms with van der Waals surface area (Å²) in [6.07, 6.45) is 1.07. The normalized spacial score (nSPS) is 20.2. The minimum Gasteiger partial charge on any atom is -0.380 e. The molecule has 0 bridgehead atoms. The fraction of sp³-hybridized carbons (Fsp3) is 0.294. The maximum absolute atomic E-state index is 3.65. The minimum absolute atomic E-state index is 0.112. The second-order valence-corrected chi connectivity index (χ2v) is 5.86. The molecular formula is C17H20N2. The molecule has 0 spiro atoms. The van der Waals surface area contributed by atoms with Gasteiger partial charge in [-0.05, 0) is 44.0 Å². The van der Waals surface area contributed by atoms with Gasteiger partial charge in [0, 0.05) is 16.9 Å². The number of benzene rings is 2. The highest BCUT2D eigenvalue weighted by Gasteiger charge is 2.31. The van der Waals surface area contributed by atoms with Crippen molar-refractivity contribution in [3.05, 3.63) is 60.2 Å². The zero-order valence-corrected chi connectivity index (χ0v) is 11.5. The summed E-state index contributed by atoms with van der Waals surface area (Å²) in [4.78, 5) is 0. The largest absolute Gasteiger partial charge is 0.380 e. The summed E-state index contributed by atoms with van der Waals surface area (Å²) in [6.45, 7) is 4.51. The molecule has 2 nitrogen and oxygen atoms in total. The van der Waals surface area contributed by atoms with E-state index in [0.717, 1.165) is 6.42 Å². The fourth-order valence-electron chi connectivity index (χ4n) is 2.81. The van der Waals surface area contributed by atoms with Gasteiger partial charge in [-0.1, -0.05) is 36.4 Å². The lowest BCUT2D eigenvalue weighted by Gasteiger charge is -2.39. The molecule has 2 aromatic rings.